The highest BCUT2D eigenvalue weighted by atomic mass is 32.2. The predicted molar refractivity (Wildman–Crippen MR) is 104 cm³/mol. The van der Waals surface area contributed by atoms with Crippen molar-refractivity contribution < 1.29 is 17.9 Å². The lowest BCUT2D eigenvalue weighted by Gasteiger charge is -2.31. The average molecular weight is 404 g/mol. The van der Waals surface area contributed by atoms with Gasteiger partial charge in [-0.05, 0) is 25.2 Å². The number of carbonyl (C=O) groups excluding carboxylic acids is 1. The molecule has 1 fully saturated rings. The molecule has 1 aliphatic rings. The van der Waals surface area contributed by atoms with Gasteiger partial charge in [0.15, 0.2) is 0 Å². The Bertz CT molecular complexity index is 1240. The van der Waals surface area contributed by atoms with Crippen LogP contribution in [0.5, 0.6) is 0 Å². The van der Waals surface area contributed by atoms with Crippen molar-refractivity contribution in [1.82, 2.24) is 19.2 Å². The van der Waals surface area contributed by atoms with E-state index in [4.69, 9.17) is 4.74 Å². The van der Waals surface area contributed by atoms with Crippen molar-refractivity contribution in [3.05, 3.63) is 40.3 Å². The van der Waals surface area contributed by atoms with Crippen LogP contribution in [0.2, 0.25) is 0 Å². The molecule has 9 nitrogen and oxygen atoms in total. The fourth-order valence-electron chi connectivity index (χ4n) is 3.52. The molecule has 3 aromatic rings. The van der Waals surface area contributed by atoms with Crippen LogP contribution in [0.15, 0.2) is 34.1 Å². The molecule has 2 N–H and O–H groups in total. The lowest BCUT2D eigenvalue weighted by atomic mass is 10.1. The van der Waals surface area contributed by atoms with Gasteiger partial charge >= 0.3 is 5.97 Å². The Labute approximate surface area is 160 Å². The number of ether oxygens (including phenoxy) is 1. The Morgan fingerprint density at radius 2 is 1.89 bits per heavy atom. The number of hydrogen-bond acceptors (Lipinski definition) is 6. The summed E-state index contributed by atoms with van der Waals surface area (Å²) in [5, 5.41) is 0.812. The van der Waals surface area contributed by atoms with Gasteiger partial charge in [0.05, 0.1) is 17.6 Å². The first-order valence-electron chi connectivity index (χ1n) is 8.77. The Kier molecular flexibility index (Phi) is 4.48. The van der Waals surface area contributed by atoms with E-state index in [1.165, 1.54) is 29.7 Å². The Hall–Kier alpha value is -2.69. The number of likely N-dealkylation sites (N-methyl/N-ethyl adjacent to an activating group) is 1. The second kappa shape index (κ2) is 6.73. The van der Waals surface area contributed by atoms with Crippen LogP contribution in [-0.4, -0.2) is 73.9 Å². The summed E-state index contributed by atoms with van der Waals surface area (Å²) >= 11 is 0. The minimum atomic E-state index is -3.69. The van der Waals surface area contributed by atoms with Crippen LogP contribution in [0.3, 0.4) is 0 Å². The van der Waals surface area contributed by atoms with E-state index in [1.54, 1.807) is 6.07 Å². The van der Waals surface area contributed by atoms with E-state index in [2.05, 4.69) is 14.9 Å². The maximum absolute atomic E-state index is 13.1. The minimum Gasteiger partial charge on any atom is -0.465 e. The quantitative estimate of drug-likeness (QED) is 0.622. The maximum Gasteiger partial charge on any atom is 0.340 e. The first kappa shape index (κ1) is 18.7. The number of pyridine rings is 1. The van der Waals surface area contributed by atoms with Crippen molar-refractivity contribution in [2.45, 2.75) is 4.90 Å². The lowest BCUT2D eigenvalue weighted by molar-refractivity contribution is 0.0603. The smallest absolute Gasteiger partial charge is 0.340 e. The van der Waals surface area contributed by atoms with Crippen LogP contribution in [0.25, 0.3) is 21.8 Å². The molecule has 10 heteroatoms. The summed E-state index contributed by atoms with van der Waals surface area (Å²) in [5.74, 6) is -0.606. The van der Waals surface area contributed by atoms with Gasteiger partial charge in [0.1, 0.15) is 5.52 Å². The van der Waals surface area contributed by atoms with E-state index in [1.807, 2.05) is 7.05 Å². The van der Waals surface area contributed by atoms with Crippen LogP contribution < -0.4 is 5.56 Å². The Morgan fingerprint density at radius 3 is 2.57 bits per heavy atom. The molecule has 1 saturated heterocycles. The van der Waals surface area contributed by atoms with Gasteiger partial charge in [0.25, 0.3) is 5.56 Å². The highest BCUT2D eigenvalue weighted by Gasteiger charge is 2.28. The lowest BCUT2D eigenvalue weighted by Crippen LogP contribution is -2.47. The molecular weight excluding hydrogens is 384 g/mol. The molecule has 0 unspecified atom stereocenters. The van der Waals surface area contributed by atoms with Gasteiger partial charge in [-0.15, -0.1) is 0 Å². The number of aromatic amines is 2. The van der Waals surface area contributed by atoms with E-state index < -0.39 is 21.6 Å². The zero-order valence-electron chi connectivity index (χ0n) is 15.5. The topological polar surface area (TPSA) is 116 Å². The molecule has 148 valence electrons. The molecular formula is C18H20N4O5S. The maximum atomic E-state index is 13.1. The van der Waals surface area contributed by atoms with Crippen LogP contribution in [0.4, 0.5) is 0 Å². The number of hydrogen-bond donors (Lipinski definition) is 2. The van der Waals surface area contributed by atoms with E-state index >= 15 is 0 Å². The standard InChI is InChI=1S/C18H20N4O5S/c1-21-5-7-22(8-6-21)28(25,26)11-3-4-14-12(9-11)15-13(18(24)27-2)10-19-16(15)17(23)20-14/h3-4,9-10,19H,5-8H2,1-2H3,(H,20,23). The zero-order chi connectivity index (χ0) is 20.1. The second-order valence-corrected chi connectivity index (χ2v) is 8.75. The summed E-state index contributed by atoms with van der Waals surface area (Å²) in [5.41, 5.74) is 0.427. The third-order valence-electron chi connectivity index (χ3n) is 5.12. The van der Waals surface area contributed by atoms with Gasteiger partial charge in [-0.3, -0.25) is 4.79 Å². The number of benzene rings is 1. The molecule has 4 rings (SSSR count). The molecule has 2 aromatic heterocycles. The molecule has 0 amide bonds. The van der Waals surface area contributed by atoms with Gasteiger partial charge in [-0.2, -0.15) is 4.31 Å². The number of rotatable bonds is 3. The van der Waals surface area contributed by atoms with Crippen LogP contribution >= 0.6 is 0 Å². The molecule has 1 aliphatic heterocycles. The number of fused-ring (bicyclic) bond motifs is 3. The molecule has 0 atom stereocenters. The fourth-order valence-corrected chi connectivity index (χ4v) is 4.96. The van der Waals surface area contributed by atoms with Crippen LogP contribution in [0.1, 0.15) is 10.4 Å². The highest BCUT2D eigenvalue weighted by molar-refractivity contribution is 7.89. The summed E-state index contributed by atoms with van der Waals surface area (Å²) in [6.45, 7) is 2.15. The average Bonchev–Trinajstić information content (AvgIpc) is 3.13. The first-order valence-corrected chi connectivity index (χ1v) is 10.2. The molecule has 1 aromatic carbocycles. The number of aromatic nitrogens is 2. The highest BCUT2D eigenvalue weighted by Crippen LogP contribution is 2.28. The fraction of sp³-hybridized carbons (Fsp3) is 0.333. The van der Waals surface area contributed by atoms with Gasteiger partial charge in [-0.1, -0.05) is 0 Å². The third kappa shape index (κ3) is 2.89. The zero-order valence-corrected chi connectivity index (χ0v) is 16.3. The van der Waals surface area contributed by atoms with Crippen molar-refractivity contribution >= 4 is 37.8 Å². The van der Waals surface area contributed by atoms with Crippen molar-refractivity contribution in [3.63, 3.8) is 0 Å². The number of nitrogens with one attached hydrogen (secondary N) is 2. The van der Waals surface area contributed by atoms with E-state index in [0.717, 1.165) is 0 Å². The monoisotopic (exact) mass is 404 g/mol. The van der Waals surface area contributed by atoms with Crippen molar-refractivity contribution in [1.29, 1.82) is 0 Å². The molecule has 0 spiro atoms. The number of H-pyrrole nitrogens is 2. The number of carbonyl (C=O) groups is 1. The molecule has 0 bridgehead atoms. The summed E-state index contributed by atoms with van der Waals surface area (Å²) in [6.07, 6.45) is 1.40. The van der Waals surface area contributed by atoms with E-state index in [0.29, 0.717) is 42.5 Å². The Balaban J connectivity index is 1.92. The van der Waals surface area contributed by atoms with Gasteiger partial charge < -0.3 is 19.6 Å². The molecule has 28 heavy (non-hydrogen) atoms. The van der Waals surface area contributed by atoms with Crippen molar-refractivity contribution in [2.24, 2.45) is 0 Å². The SMILES string of the molecule is COC(=O)c1c[nH]c2c(=O)[nH]c3ccc(S(=O)(=O)N4CCN(C)CC4)cc3c12. The van der Waals surface area contributed by atoms with Gasteiger partial charge in [0.2, 0.25) is 10.0 Å². The number of piperazine rings is 1. The number of nitrogens with zero attached hydrogens (tertiary/aromatic N) is 2. The summed E-state index contributed by atoms with van der Waals surface area (Å²) in [4.78, 5) is 32.1. The minimum absolute atomic E-state index is 0.120. The van der Waals surface area contributed by atoms with Crippen LogP contribution in [-0.2, 0) is 14.8 Å². The first-order chi connectivity index (χ1) is 13.3. The van der Waals surface area contributed by atoms with E-state index in [9.17, 15) is 18.0 Å². The Morgan fingerprint density at radius 1 is 1.18 bits per heavy atom. The predicted octanol–water partition coefficient (Wildman–Crippen LogP) is 0.732. The normalized spacial score (nSPS) is 16.6. The second-order valence-electron chi connectivity index (χ2n) is 6.81. The number of methoxy groups -OCH3 is 1. The van der Waals surface area contributed by atoms with Gasteiger partial charge in [-0.25, -0.2) is 13.2 Å². The van der Waals surface area contributed by atoms with Crippen molar-refractivity contribution in [3.8, 4) is 0 Å². The van der Waals surface area contributed by atoms with Crippen LogP contribution in [0, 0.1) is 0 Å². The van der Waals surface area contributed by atoms with E-state index in [-0.39, 0.29) is 16.0 Å². The molecule has 3 heterocycles. The summed E-state index contributed by atoms with van der Waals surface area (Å²) in [7, 11) is -0.488. The van der Waals surface area contributed by atoms with Gasteiger partial charge in [0, 0.05) is 48.7 Å². The van der Waals surface area contributed by atoms with Crippen molar-refractivity contribution in [2.75, 3.05) is 40.3 Å². The molecule has 0 aliphatic carbocycles. The molecule has 0 radical (unpaired) electrons. The molecule has 0 saturated carbocycles. The largest absolute Gasteiger partial charge is 0.465 e. The number of esters is 1. The summed E-state index contributed by atoms with van der Waals surface area (Å²) < 4.78 is 32.4. The number of sulfonamides is 1. The summed E-state index contributed by atoms with van der Waals surface area (Å²) in [6, 6.07) is 4.52. The third-order valence-corrected chi connectivity index (χ3v) is 7.02.